The molecule has 1 saturated heterocycles. The number of alkyl halides is 3. The van der Waals surface area contributed by atoms with E-state index in [1.165, 1.54) is 17.7 Å². The lowest BCUT2D eigenvalue weighted by Crippen LogP contribution is -2.40. The van der Waals surface area contributed by atoms with Crippen LogP contribution in [-0.4, -0.2) is 42.0 Å². The van der Waals surface area contributed by atoms with Gasteiger partial charge in [0.15, 0.2) is 0 Å². The van der Waals surface area contributed by atoms with E-state index in [1.807, 2.05) is 6.07 Å². The SMILES string of the molecule is O=C(NCCN1CCC(Cc2ccccc2)CC1)c1cc2cc(C(F)(F)F)ccc2[nH]1. The molecule has 0 spiro atoms. The van der Waals surface area contributed by atoms with Crippen molar-refractivity contribution in [2.24, 2.45) is 5.92 Å². The molecule has 0 radical (unpaired) electrons. The molecule has 2 heterocycles. The van der Waals surface area contributed by atoms with Crippen LogP contribution in [0.3, 0.4) is 0 Å². The summed E-state index contributed by atoms with van der Waals surface area (Å²) in [6.45, 7) is 3.30. The first kappa shape index (κ1) is 21.4. The molecule has 2 N–H and O–H groups in total. The molecule has 3 aromatic rings. The number of fused-ring (bicyclic) bond motifs is 1. The second-order valence-electron chi connectivity index (χ2n) is 8.21. The summed E-state index contributed by atoms with van der Waals surface area (Å²) < 4.78 is 38.6. The lowest BCUT2D eigenvalue weighted by molar-refractivity contribution is -0.137. The van der Waals surface area contributed by atoms with Gasteiger partial charge in [-0.15, -0.1) is 0 Å². The Balaban J connectivity index is 1.23. The van der Waals surface area contributed by atoms with Crippen molar-refractivity contribution in [2.75, 3.05) is 26.2 Å². The van der Waals surface area contributed by atoms with E-state index in [-0.39, 0.29) is 11.6 Å². The van der Waals surface area contributed by atoms with Crippen LogP contribution in [-0.2, 0) is 12.6 Å². The maximum atomic E-state index is 12.9. The second kappa shape index (κ2) is 9.14. The molecule has 0 unspecified atom stereocenters. The van der Waals surface area contributed by atoms with E-state index in [2.05, 4.69) is 39.5 Å². The molecule has 1 aliphatic rings. The van der Waals surface area contributed by atoms with Gasteiger partial charge in [-0.05, 0) is 68.1 Å². The monoisotopic (exact) mass is 429 g/mol. The third kappa shape index (κ3) is 5.47. The number of halogens is 3. The van der Waals surface area contributed by atoms with Crippen molar-refractivity contribution < 1.29 is 18.0 Å². The minimum absolute atomic E-state index is 0.274. The van der Waals surface area contributed by atoms with Gasteiger partial charge in [-0.2, -0.15) is 13.2 Å². The molecule has 4 nitrogen and oxygen atoms in total. The van der Waals surface area contributed by atoms with E-state index in [0.29, 0.717) is 23.4 Å². The summed E-state index contributed by atoms with van der Waals surface area (Å²) in [5.74, 6) is 0.393. The van der Waals surface area contributed by atoms with Crippen molar-refractivity contribution >= 4 is 16.8 Å². The van der Waals surface area contributed by atoms with Crippen molar-refractivity contribution in [3.05, 3.63) is 71.4 Å². The van der Waals surface area contributed by atoms with Gasteiger partial charge < -0.3 is 15.2 Å². The number of carbonyl (C=O) groups is 1. The normalized spacial score (nSPS) is 16.0. The molecule has 0 aliphatic carbocycles. The van der Waals surface area contributed by atoms with Gasteiger partial charge in [0, 0.05) is 24.0 Å². The topological polar surface area (TPSA) is 48.1 Å². The number of H-pyrrole nitrogens is 1. The fourth-order valence-electron chi connectivity index (χ4n) is 4.22. The fraction of sp³-hybridized carbons (Fsp3) is 0.375. The van der Waals surface area contributed by atoms with Crippen LogP contribution in [0.4, 0.5) is 13.2 Å². The number of aromatic nitrogens is 1. The van der Waals surface area contributed by atoms with Crippen molar-refractivity contribution in [1.82, 2.24) is 15.2 Å². The molecule has 1 aliphatic heterocycles. The number of rotatable bonds is 6. The number of nitrogens with zero attached hydrogens (tertiary/aromatic N) is 1. The van der Waals surface area contributed by atoms with Crippen LogP contribution in [0, 0.1) is 5.92 Å². The van der Waals surface area contributed by atoms with Gasteiger partial charge in [-0.25, -0.2) is 0 Å². The molecule has 0 bridgehead atoms. The summed E-state index contributed by atoms with van der Waals surface area (Å²) in [5, 5.41) is 3.24. The number of carbonyl (C=O) groups excluding carboxylic acids is 1. The van der Waals surface area contributed by atoms with Crippen LogP contribution in [0.25, 0.3) is 10.9 Å². The summed E-state index contributed by atoms with van der Waals surface area (Å²) >= 11 is 0. The van der Waals surface area contributed by atoms with Gasteiger partial charge in [0.2, 0.25) is 0 Å². The minimum Gasteiger partial charge on any atom is -0.351 e. The van der Waals surface area contributed by atoms with E-state index in [4.69, 9.17) is 0 Å². The Morgan fingerprint density at radius 2 is 1.81 bits per heavy atom. The molecule has 0 atom stereocenters. The zero-order valence-corrected chi connectivity index (χ0v) is 17.2. The molecule has 1 aromatic heterocycles. The highest BCUT2D eigenvalue weighted by molar-refractivity contribution is 5.98. The molecule has 0 saturated carbocycles. The smallest absolute Gasteiger partial charge is 0.351 e. The summed E-state index contributed by atoms with van der Waals surface area (Å²) in [7, 11) is 0. The molecular weight excluding hydrogens is 403 g/mol. The first-order valence-corrected chi connectivity index (χ1v) is 10.6. The summed E-state index contributed by atoms with van der Waals surface area (Å²) in [6.07, 6.45) is -0.997. The number of hydrogen-bond acceptors (Lipinski definition) is 2. The highest BCUT2D eigenvalue weighted by atomic mass is 19.4. The van der Waals surface area contributed by atoms with Crippen LogP contribution in [0.2, 0.25) is 0 Å². The van der Waals surface area contributed by atoms with E-state index < -0.39 is 11.7 Å². The highest BCUT2D eigenvalue weighted by Gasteiger charge is 2.30. The van der Waals surface area contributed by atoms with Gasteiger partial charge in [-0.3, -0.25) is 4.79 Å². The van der Waals surface area contributed by atoms with Crippen LogP contribution in [0.15, 0.2) is 54.6 Å². The summed E-state index contributed by atoms with van der Waals surface area (Å²) in [6, 6.07) is 15.4. The van der Waals surface area contributed by atoms with E-state index in [9.17, 15) is 18.0 Å². The predicted molar refractivity (Wildman–Crippen MR) is 115 cm³/mol. The number of piperidine rings is 1. The number of nitrogens with one attached hydrogen (secondary N) is 2. The molecule has 7 heteroatoms. The zero-order valence-electron chi connectivity index (χ0n) is 17.2. The highest BCUT2D eigenvalue weighted by Crippen LogP contribution is 2.31. The third-order valence-corrected chi connectivity index (χ3v) is 5.98. The average molecular weight is 429 g/mol. The van der Waals surface area contributed by atoms with Gasteiger partial charge in [0.1, 0.15) is 5.69 Å². The van der Waals surface area contributed by atoms with E-state index >= 15 is 0 Å². The second-order valence-corrected chi connectivity index (χ2v) is 8.21. The standard InChI is InChI=1S/C24H26F3N3O/c25-24(26,27)20-6-7-21-19(15-20)16-22(29-21)23(31)28-10-13-30-11-8-18(9-12-30)14-17-4-2-1-3-5-17/h1-7,15-16,18,29H,8-14H2,(H,28,31). The van der Waals surface area contributed by atoms with Gasteiger partial charge in [0.05, 0.1) is 5.56 Å². The molecule has 4 rings (SSSR count). The van der Waals surface area contributed by atoms with Gasteiger partial charge >= 0.3 is 6.18 Å². The molecule has 1 amide bonds. The molecule has 31 heavy (non-hydrogen) atoms. The Kier molecular flexibility index (Phi) is 6.32. The van der Waals surface area contributed by atoms with Gasteiger partial charge in [0.25, 0.3) is 5.91 Å². The van der Waals surface area contributed by atoms with Crippen LogP contribution >= 0.6 is 0 Å². The fourth-order valence-corrected chi connectivity index (χ4v) is 4.22. The molecule has 1 fully saturated rings. The number of benzene rings is 2. The van der Waals surface area contributed by atoms with Crippen LogP contribution in [0.1, 0.15) is 34.5 Å². The number of hydrogen-bond donors (Lipinski definition) is 2. The summed E-state index contributed by atoms with van der Waals surface area (Å²) in [4.78, 5) is 17.7. The Labute approximate surface area is 179 Å². The Hall–Kier alpha value is -2.80. The number of aromatic amines is 1. The first-order valence-electron chi connectivity index (χ1n) is 10.6. The number of likely N-dealkylation sites (tertiary alicyclic amines) is 1. The molecule has 2 aromatic carbocycles. The van der Waals surface area contributed by atoms with Crippen molar-refractivity contribution in [3.63, 3.8) is 0 Å². The van der Waals surface area contributed by atoms with Crippen molar-refractivity contribution in [3.8, 4) is 0 Å². The Bertz CT molecular complexity index is 1020. The third-order valence-electron chi connectivity index (χ3n) is 5.98. The van der Waals surface area contributed by atoms with Crippen LogP contribution < -0.4 is 5.32 Å². The van der Waals surface area contributed by atoms with Crippen LogP contribution in [0.5, 0.6) is 0 Å². The predicted octanol–water partition coefficient (Wildman–Crippen LogP) is 4.87. The summed E-state index contributed by atoms with van der Waals surface area (Å²) in [5.41, 5.74) is 1.45. The number of amides is 1. The van der Waals surface area contributed by atoms with E-state index in [1.54, 1.807) is 0 Å². The van der Waals surface area contributed by atoms with E-state index in [0.717, 1.165) is 51.0 Å². The Morgan fingerprint density at radius 1 is 1.06 bits per heavy atom. The van der Waals surface area contributed by atoms with Crippen molar-refractivity contribution in [1.29, 1.82) is 0 Å². The minimum atomic E-state index is -4.40. The lowest BCUT2D eigenvalue weighted by Gasteiger charge is -2.32. The van der Waals surface area contributed by atoms with Crippen molar-refractivity contribution in [2.45, 2.75) is 25.4 Å². The maximum absolute atomic E-state index is 12.9. The molecular formula is C24H26F3N3O. The average Bonchev–Trinajstić information content (AvgIpc) is 3.19. The zero-order chi connectivity index (χ0) is 21.8. The first-order chi connectivity index (χ1) is 14.9. The molecule has 164 valence electrons. The largest absolute Gasteiger partial charge is 0.416 e. The Morgan fingerprint density at radius 3 is 2.52 bits per heavy atom. The lowest BCUT2D eigenvalue weighted by atomic mass is 9.90. The maximum Gasteiger partial charge on any atom is 0.416 e. The van der Waals surface area contributed by atoms with Gasteiger partial charge in [-0.1, -0.05) is 30.3 Å². The quantitative estimate of drug-likeness (QED) is 0.587.